The Morgan fingerprint density at radius 1 is 1.43 bits per heavy atom. The van der Waals surface area contributed by atoms with Gasteiger partial charge < -0.3 is 4.74 Å². The van der Waals surface area contributed by atoms with Gasteiger partial charge in [-0.1, -0.05) is 12.1 Å². The van der Waals surface area contributed by atoms with Crippen LogP contribution in [0.15, 0.2) is 24.3 Å². The molecule has 0 bridgehead atoms. The lowest BCUT2D eigenvalue weighted by atomic mass is 10.1. The Morgan fingerprint density at radius 2 is 2.14 bits per heavy atom. The van der Waals surface area contributed by atoms with E-state index >= 15 is 0 Å². The summed E-state index contributed by atoms with van der Waals surface area (Å²) >= 11 is 0. The van der Waals surface area contributed by atoms with E-state index in [0.29, 0.717) is 0 Å². The number of benzene rings is 1. The van der Waals surface area contributed by atoms with E-state index in [1.54, 1.807) is 19.3 Å². The van der Waals surface area contributed by atoms with Gasteiger partial charge in [-0.25, -0.2) is 0 Å². The fraction of sp³-hybridized carbons (Fsp3) is 0.250. The average Bonchev–Trinajstić information content (AvgIpc) is 2.15. The molecule has 0 amide bonds. The van der Waals surface area contributed by atoms with Crippen molar-refractivity contribution in [2.75, 3.05) is 7.11 Å². The van der Waals surface area contributed by atoms with Crippen molar-refractivity contribution in [1.82, 2.24) is 0 Å². The lowest BCUT2D eigenvalue weighted by Gasteiger charge is -2.04. The molecule has 2 nitrogen and oxygen atoms in total. The highest BCUT2D eigenvalue weighted by atomic mass is 16.5. The molecule has 74 valence electrons. The Morgan fingerprint density at radius 3 is 2.64 bits per heavy atom. The topological polar surface area (TPSA) is 26.3 Å². The third-order valence-electron chi connectivity index (χ3n) is 1.93. The van der Waals surface area contributed by atoms with Crippen LogP contribution in [0.3, 0.4) is 0 Å². The third kappa shape index (κ3) is 2.73. The van der Waals surface area contributed by atoms with Crippen LogP contribution in [0, 0.1) is 6.92 Å². The molecule has 0 saturated heterocycles. The molecule has 0 radical (unpaired) electrons. The van der Waals surface area contributed by atoms with Crippen LogP contribution < -0.4 is 4.74 Å². The first-order chi connectivity index (χ1) is 6.63. The number of carbonyl (C=O) groups excluding carboxylic acids is 1. The van der Waals surface area contributed by atoms with Crippen LogP contribution in [-0.2, 0) is 4.79 Å². The average molecular weight is 190 g/mol. The number of hydrogen-bond acceptors (Lipinski definition) is 2. The van der Waals surface area contributed by atoms with Gasteiger partial charge in [-0.3, -0.25) is 4.79 Å². The van der Waals surface area contributed by atoms with Crippen molar-refractivity contribution in [3.05, 3.63) is 35.4 Å². The quantitative estimate of drug-likeness (QED) is 0.685. The van der Waals surface area contributed by atoms with Crippen molar-refractivity contribution in [1.29, 1.82) is 0 Å². The standard InChI is InChI=1S/C12H14O2/c1-9-8-11(5-4-10(2)13)6-7-12(9)14-3/h4-8H,1-3H3. The normalized spacial score (nSPS) is 10.5. The summed E-state index contributed by atoms with van der Waals surface area (Å²) in [7, 11) is 1.65. The highest BCUT2D eigenvalue weighted by Gasteiger charge is 1.97. The van der Waals surface area contributed by atoms with E-state index in [2.05, 4.69) is 0 Å². The van der Waals surface area contributed by atoms with E-state index in [-0.39, 0.29) is 5.78 Å². The molecule has 0 aliphatic heterocycles. The Kier molecular flexibility index (Phi) is 3.46. The highest BCUT2D eigenvalue weighted by Crippen LogP contribution is 2.18. The fourth-order valence-corrected chi connectivity index (χ4v) is 1.22. The molecule has 2 heteroatoms. The molecule has 0 heterocycles. The molecular weight excluding hydrogens is 176 g/mol. The summed E-state index contributed by atoms with van der Waals surface area (Å²) in [5, 5.41) is 0. The zero-order valence-electron chi connectivity index (χ0n) is 8.70. The van der Waals surface area contributed by atoms with Gasteiger partial charge in [0, 0.05) is 0 Å². The summed E-state index contributed by atoms with van der Waals surface area (Å²) in [5.41, 5.74) is 2.08. The Bertz CT molecular complexity index is 365. The smallest absolute Gasteiger partial charge is 0.152 e. The minimum absolute atomic E-state index is 0.0541. The fourth-order valence-electron chi connectivity index (χ4n) is 1.22. The van der Waals surface area contributed by atoms with E-state index in [9.17, 15) is 4.79 Å². The molecule has 1 aromatic carbocycles. The number of ether oxygens (including phenoxy) is 1. The van der Waals surface area contributed by atoms with Crippen LogP contribution in [-0.4, -0.2) is 12.9 Å². The second kappa shape index (κ2) is 4.61. The molecule has 1 aromatic rings. The van der Waals surface area contributed by atoms with Crippen molar-refractivity contribution >= 4 is 11.9 Å². The third-order valence-corrected chi connectivity index (χ3v) is 1.93. The van der Waals surface area contributed by atoms with E-state index in [1.165, 1.54) is 6.92 Å². The number of methoxy groups -OCH3 is 1. The van der Waals surface area contributed by atoms with Gasteiger partial charge in [0.15, 0.2) is 5.78 Å². The van der Waals surface area contributed by atoms with Gasteiger partial charge in [-0.2, -0.15) is 0 Å². The number of ketones is 1. The summed E-state index contributed by atoms with van der Waals surface area (Å²) in [4.78, 5) is 10.7. The van der Waals surface area contributed by atoms with Crippen molar-refractivity contribution in [2.45, 2.75) is 13.8 Å². The Hall–Kier alpha value is -1.57. The van der Waals surface area contributed by atoms with Crippen LogP contribution >= 0.6 is 0 Å². The first kappa shape index (κ1) is 10.5. The monoisotopic (exact) mass is 190 g/mol. The second-order valence-electron chi connectivity index (χ2n) is 3.17. The molecule has 0 fully saturated rings. The first-order valence-electron chi connectivity index (χ1n) is 4.47. The van der Waals surface area contributed by atoms with Gasteiger partial charge >= 0.3 is 0 Å². The van der Waals surface area contributed by atoms with E-state index in [0.717, 1.165) is 16.9 Å². The minimum Gasteiger partial charge on any atom is -0.496 e. The van der Waals surface area contributed by atoms with Crippen molar-refractivity contribution in [3.8, 4) is 5.75 Å². The molecule has 0 aromatic heterocycles. The van der Waals surface area contributed by atoms with Crippen LogP contribution in [0.2, 0.25) is 0 Å². The maximum atomic E-state index is 10.7. The molecule has 1 rings (SSSR count). The second-order valence-corrected chi connectivity index (χ2v) is 3.17. The summed E-state index contributed by atoms with van der Waals surface area (Å²) in [6.07, 6.45) is 3.36. The molecule has 14 heavy (non-hydrogen) atoms. The van der Waals surface area contributed by atoms with Crippen molar-refractivity contribution in [2.24, 2.45) is 0 Å². The van der Waals surface area contributed by atoms with Crippen LogP contribution in [0.4, 0.5) is 0 Å². The van der Waals surface area contributed by atoms with Crippen LogP contribution in [0.25, 0.3) is 6.08 Å². The van der Waals surface area contributed by atoms with Crippen LogP contribution in [0.5, 0.6) is 5.75 Å². The van der Waals surface area contributed by atoms with Gasteiger partial charge in [-0.05, 0) is 43.2 Å². The Labute approximate surface area is 84.2 Å². The number of aryl methyl sites for hydroxylation is 1. The van der Waals surface area contributed by atoms with E-state index in [1.807, 2.05) is 25.1 Å². The lowest BCUT2D eigenvalue weighted by Crippen LogP contribution is -1.87. The van der Waals surface area contributed by atoms with E-state index in [4.69, 9.17) is 4.74 Å². The molecule has 0 N–H and O–H groups in total. The predicted molar refractivity (Wildman–Crippen MR) is 57.4 cm³/mol. The van der Waals surface area contributed by atoms with Gasteiger partial charge in [-0.15, -0.1) is 0 Å². The SMILES string of the molecule is COc1ccc(C=CC(C)=O)cc1C. The molecule has 0 atom stereocenters. The number of carbonyl (C=O) groups is 1. The summed E-state index contributed by atoms with van der Waals surface area (Å²) < 4.78 is 5.13. The lowest BCUT2D eigenvalue weighted by molar-refractivity contribution is -0.112. The van der Waals surface area contributed by atoms with Gasteiger partial charge in [0.25, 0.3) is 0 Å². The minimum atomic E-state index is 0.0541. The summed E-state index contributed by atoms with van der Waals surface area (Å²) in [6.45, 7) is 3.51. The first-order valence-corrected chi connectivity index (χ1v) is 4.47. The molecule has 0 aliphatic rings. The number of rotatable bonds is 3. The molecular formula is C12H14O2. The largest absolute Gasteiger partial charge is 0.496 e. The Balaban J connectivity index is 2.91. The molecule has 0 unspecified atom stereocenters. The maximum absolute atomic E-state index is 10.7. The van der Waals surface area contributed by atoms with Gasteiger partial charge in [0.2, 0.25) is 0 Å². The summed E-state index contributed by atoms with van der Waals surface area (Å²) in [5.74, 6) is 0.920. The predicted octanol–water partition coefficient (Wildman–Crippen LogP) is 2.61. The highest BCUT2D eigenvalue weighted by molar-refractivity contribution is 5.91. The van der Waals surface area contributed by atoms with Crippen molar-refractivity contribution < 1.29 is 9.53 Å². The zero-order valence-corrected chi connectivity index (χ0v) is 8.70. The van der Waals surface area contributed by atoms with Crippen LogP contribution in [0.1, 0.15) is 18.1 Å². The van der Waals surface area contributed by atoms with Gasteiger partial charge in [0.05, 0.1) is 7.11 Å². The molecule has 0 saturated carbocycles. The zero-order chi connectivity index (χ0) is 10.6. The van der Waals surface area contributed by atoms with Gasteiger partial charge in [0.1, 0.15) is 5.75 Å². The molecule has 0 spiro atoms. The molecule has 0 aliphatic carbocycles. The van der Waals surface area contributed by atoms with Crippen molar-refractivity contribution in [3.63, 3.8) is 0 Å². The van der Waals surface area contributed by atoms with E-state index < -0.39 is 0 Å². The number of hydrogen-bond donors (Lipinski definition) is 0. The maximum Gasteiger partial charge on any atom is 0.152 e. The number of allylic oxidation sites excluding steroid dienone is 1. The summed E-state index contributed by atoms with van der Waals surface area (Å²) in [6, 6.07) is 5.80.